The summed E-state index contributed by atoms with van der Waals surface area (Å²) >= 11 is 5.66. The maximum atomic E-state index is 11.9. The summed E-state index contributed by atoms with van der Waals surface area (Å²) in [6, 6.07) is -0.162. The molecule has 0 aromatic heterocycles. The molecule has 4 nitrogen and oxygen atoms in total. The zero-order chi connectivity index (χ0) is 12.9. The van der Waals surface area contributed by atoms with Crippen LogP contribution in [0.4, 0.5) is 0 Å². The molecule has 0 aromatic carbocycles. The summed E-state index contributed by atoms with van der Waals surface area (Å²) in [5, 5.41) is 0. The molecule has 0 rings (SSSR count). The van der Waals surface area contributed by atoms with E-state index in [0.717, 1.165) is 0 Å². The highest BCUT2D eigenvalue weighted by atomic mass is 35.5. The minimum atomic E-state index is -3.40. The Morgan fingerprint density at radius 3 is 2.06 bits per heavy atom. The van der Waals surface area contributed by atoms with Gasteiger partial charge in [0.25, 0.3) is 10.2 Å². The first-order valence-electron chi connectivity index (χ1n) is 5.53. The molecule has 6 heteroatoms. The Kier molecular flexibility index (Phi) is 6.86. The van der Waals surface area contributed by atoms with Crippen molar-refractivity contribution in [1.82, 2.24) is 9.03 Å². The molecule has 0 aliphatic rings. The predicted molar refractivity (Wildman–Crippen MR) is 68.9 cm³/mol. The summed E-state index contributed by atoms with van der Waals surface area (Å²) in [4.78, 5) is 0. The van der Waals surface area contributed by atoms with Crippen molar-refractivity contribution in [2.45, 2.75) is 46.2 Å². The number of hydrogen-bond acceptors (Lipinski definition) is 2. The van der Waals surface area contributed by atoms with E-state index in [2.05, 4.69) is 4.72 Å². The Bertz CT molecular complexity index is 291. The maximum absolute atomic E-state index is 11.9. The van der Waals surface area contributed by atoms with Gasteiger partial charge in [-0.05, 0) is 26.2 Å². The van der Waals surface area contributed by atoms with Gasteiger partial charge >= 0.3 is 0 Å². The molecule has 0 bridgehead atoms. The molecule has 1 N–H and O–H groups in total. The van der Waals surface area contributed by atoms with Crippen LogP contribution in [-0.4, -0.2) is 37.7 Å². The fraction of sp³-hybridized carbons (Fsp3) is 1.00. The first-order valence-corrected chi connectivity index (χ1v) is 7.51. The second-order valence-electron chi connectivity index (χ2n) is 4.56. The molecule has 1 unspecified atom stereocenters. The number of halogens is 1. The van der Waals surface area contributed by atoms with Crippen molar-refractivity contribution in [2.75, 3.05) is 12.9 Å². The van der Waals surface area contributed by atoms with Gasteiger partial charge in [0.15, 0.2) is 0 Å². The van der Waals surface area contributed by atoms with Crippen LogP contribution in [0.15, 0.2) is 0 Å². The SMILES string of the molecule is CC(C)C(CCCl)NS(=O)(=O)N(C)C(C)C. The smallest absolute Gasteiger partial charge is 0.199 e. The van der Waals surface area contributed by atoms with Crippen LogP contribution >= 0.6 is 11.6 Å². The third-order valence-corrected chi connectivity index (χ3v) is 4.63. The van der Waals surface area contributed by atoms with Crippen molar-refractivity contribution in [1.29, 1.82) is 0 Å². The van der Waals surface area contributed by atoms with Crippen molar-refractivity contribution in [3.8, 4) is 0 Å². The van der Waals surface area contributed by atoms with Gasteiger partial charge < -0.3 is 0 Å². The van der Waals surface area contributed by atoms with Gasteiger partial charge in [-0.25, -0.2) is 0 Å². The number of nitrogens with one attached hydrogen (secondary N) is 1. The molecule has 0 heterocycles. The van der Waals surface area contributed by atoms with Crippen LogP contribution in [0, 0.1) is 5.92 Å². The van der Waals surface area contributed by atoms with Crippen LogP contribution < -0.4 is 4.72 Å². The molecule has 0 saturated heterocycles. The summed E-state index contributed by atoms with van der Waals surface area (Å²) in [6.45, 7) is 7.64. The van der Waals surface area contributed by atoms with E-state index in [1.165, 1.54) is 4.31 Å². The van der Waals surface area contributed by atoms with Crippen LogP contribution in [0.25, 0.3) is 0 Å². The van der Waals surface area contributed by atoms with Crippen molar-refractivity contribution in [3.05, 3.63) is 0 Å². The second kappa shape index (κ2) is 6.79. The predicted octanol–water partition coefficient (Wildman–Crippen LogP) is 1.81. The van der Waals surface area contributed by atoms with E-state index in [9.17, 15) is 8.42 Å². The lowest BCUT2D eigenvalue weighted by molar-refractivity contribution is 0.376. The number of hydrogen-bond donors (Lipinski definition) is 1. The Morgan fingerprint density at radius 1 is 1.25 bits per heavy atom. The van der Waals surface area contributed by atoms with Gasteiger partial charge in [-0.2, -0.15) is 17.4 Å². The summed E-state index contributed by atoms with van der Waals surface area (Å²) < 4.78 is 27.9. The molecule has 0 amide bonds. The average molecular weight is 271 g/mol. The Morgan fingerprint density at radius 2 is 1.75 bits per heavy atom. The number of nitrogens with zero attached hydrogens (tertiary/aromatic N) is 1. The van der Waals surface area contributed by atoms with Crippen LogP contribution in [0.3, 0.4) is 0 Å². The lowest BCUT2D eigenvalue weighted by atomic mass is 10.0. The summed E-state index contributed by atoms with van der Waals surface area (Å²) in [7, 11) is -1.83. The van der Waals surface area contributed by atoms with E-state index in [1.54, 1.807) is 7.05 Å². The molecule has 0 aromatic rings. The van der Waals surface area contributed by atoms with Crippen molar-refractivity contribution < 1.29 is 8.42 Å². The van der Waals surface area contributed by atoms with Gasteiger partial charge in [0.1, 0.15) is 0 Å². The normalized spacial score (nSPS) is 15.1. The molecule has 0 fully saturated rings. The third kappa shape index (κ3) is 4.99. The van der Waals surface area contributed by atoms with Gasteiger partial charge in [0.2, 0.25) is 0 Å². The second-order valence-corrected chi connectivity index (χ2v) is 6.70. The van der Waals surface area contributed by atoms with Crippen molar-refractivity contribution in [3.63, 3.8) is 0 Å². The molecule has 0 spiro atoms. The summed E-state index contributed by atoms with van der Waals surface area (Å²) in [5.41, 5.74) is 0. The largest absolute Gasteiger partial charge is 0.279 e. The fourth-order valence-electron chi connectivity index (χ4n) is 1.20. The van der Waals surface area contributed by atoms with Crippen molar-refractivity contribution in [2.24, 2.45) is 5.92 Å². The highest BCUT2D eigenvalue weighted by Gasteiger charge is 2.25. The third-order valence-electron chi connectivity index (χ3n) is 2.63. The minimum Gasteiger partial charge on any atom is -0.199 e. The highest BCUT2D eigenvalue weighted by molar-refractivity contribution is 7.87. The average Bonchev–Trinajstić information content (AvgIpc) is 2.15. The highest BCUT2D eigenvalue weighted by Crippen LogP contribution is 2.11. The topological polar surface area (TPSA) is 49.4 Å². The molecule has 0 aliphatic carbocycles. The van der Waals surface area contributed by atoms with E-state index in [-0.39, 0.29) is 18.0 Å². The quantitative estimate of drug-likeness (QED) is 0.718. The molecule has 0 radical (unpaired) electrons. The van der Waals surface area contributed by atoms with Gasteiger partial charge in [0, 0.05) is 25.0 Å². The maximum Gasteiger partial charge on any atom is 0.279 e. The van der Waals surface area contributed by atoms with E-state index >= 15 is 0 Å². The minimum absolute atomic E-state index is 0.0543. The Hall–Kier alpha value is 0.160. The van der Waals surface area contributed by atoms with Crippen LogP contribution in [0.2, 0.25) is 0 Å². The molecule has 0 saturated carbocycles. The van der Waals surface area contributed by atoms with E-state index < -0.39 is 10.2 Å². The van der Waals surface area contributed by atoms with E-state index in [4.69, 9.17) is 11.6 Å². The van der Waals surface area contributed by atoms with Crippen LogP contribution in [-0.2, 0) is 10.2 Å². The standard InChI is InChI=1S/C10H23ClN2O2S/c1-8(2)10(6-7-11)12-16(14,15)13(5)9(3)4/h8-10,12H,6-7H2,1-5H3. The van der Waals surface area contributed by atoms with E-state index in [1.807, 2.05) is 27.7 Å². The lowest BCUT2D eigenvalue weighted by Crippen LogP contribution is -2.48. The molecule has 16 heavy (non-hydrogen) atoms. The first kappa shape index (κ1) is 16.2. The molecule has 98 valence electrons. The zero-order valence-corrected chi connectivity index (χ0v) is 12.3. The zero-order valence-electron chi connectivity index (χ0n) is 10.7. The van der Waals surface area contributed by atoms with Gasteiger partial charge in [-0.1, -0.05) is 13.8 Å². The van der Waals surface area contributed by atoms with Gasteiger partial charge in [-0.3, -0.25) is 0 Å². The van der Waals surface area contributed by atoms with Crippen LogP contribution in [0.5, 0.6) is 0 Å². The van der Waals surface area contributed by atoms with Gasteiger partial charge in [-0.15, -0.1) is 11.6 Å². The Labute approximate surface area is 105 Å². The molecule has 1 atom stereocenters. The number of alkyl halides is 1. The monoisotopic (exact) mass is 270 g/mol. The summed E-state index contributed by atoms with van der Waals surface area (Å²) in [6.07, 6.45) is 0.643. The molecular weight excluding hydrogens is 248 g/mol. The fourth-order valence-corrected chi connectivity index (χ4v) is 2.93. The van der Waals surface area contributed by atoms with Crippen molar-refractivity contribution >= 4 is 21.8 Å². The summed E-state index contributed by atoms with van der Waals surface area (Å²) in [5.74, 6) is 0.686. The Balaban J connectivity index is 4.66. The first-order chi connectivity index (χ1) is 7.22. The number of rotatable bonds is 7. The van der Waals surface area contributed by atoms with E-state index in [0.29, 0.717) is 12.3 Å². The van der Waals surface area contributed by atoms with Gasteiger partial charge in [0.05, 0.1) is 0 Å². The lowest BCUT2D eigenvalue weighted by Gasteiger charge is -2.27. The molecular formula is C10H23ClN2O2S. The van der Waals surface area contributed by atoms with Crippen LogP contribution in [0.1, 0.15) is 34.1 Å². The molecule has 0 aliphatic heterocycles.